The highest BCUT2D eigenvalue weighted by molar-refractivity contribution is 7.17. The molecule has 0 bridgehead atoms. The van der Waals surface area contributed by atoms with E-state index in [2.05, 4.69) is 10.6 Å². The minimum atomic E-state index is -0.817. The molecule has 3 amide bonds. The van der Waals surface area contributed by atoms with Crippen LogP contribution in [0.2, 0.25) is 0 Å². The van der Waals surface area contributed by atoms with Crippen molar-refractivity contribution in [3.63, 3.8) is 0 Å². The fourth-order valence-electron chi connectivity index (χ4n) is 3.64. The fraction of sp³-hybridized carbons (Fsp3) is 0.409. The molecule has 2 aromatic rings. The first kappa shape index (κ1) is 22.6. The molecule has 0 aliphatic heterocycles. The molecule has 166 valence electrons. The van der Waals surface area contributed by atoms with E-state index >= 15 is 0 Å². The zero-order valence-corrected chi connectivity index (χ0v) is 18.9. The van der Waals surface area contributed by atoms with Gasteiger partial charge in [-0.25, -0.2) is 0 Å². The number of hydrogen-bond acceptors (Lipinski definition) is 6. The van der Waals surface area contributed by atoms with Crippen molar-refractivity contribution in [2.45, 2.75) is 39.2 Å². The Kier molecular flexibility index (Phi) is 6.84. The summed E-state index contributed by atoms with van der Waals surface area (Å²) >= 11 is 1.38. The Balaban J connectivity index is 1.81. The third-order valence-corrected chi connectivity index (χ3v) is 6.46. The molecular formula is C22H27N3O5S. The van der Waals surface area contributed by atoms with Crippen LogP contribution in [0.25, 0.3) is 0 Å². The van der Waals surface area contributed by atoms with Gasteiger partial charge < -0.3 is 25.8 Å². The van der Waals surface area contributed by atoms with Crippen LogP contribution >= 0.6 is 11.3 Å². The van der Waals surface area contributed by atoms with Gasteiger partial charge in [0, 0.05) is 16.5 Å². The maximum Gasteiger partial charge on any atom is 0.252 e. The van der Waals surface area contributed by atoms with E-state index in [9.17, 15) is 14.4 Å². The Morgan fingerprint density at radius 3 is 2.26 bits per heavy atom. The van der Waals surface area contributed by atoms with Gasteiger partial charge in [-0.05, 0) is 42.9 Å². The molecular weight excluding hydrogens is 418 g/mol. The summed E-state index contributed by atoms with van der Waals surface area (Å²) in [5, 5.41) is 6.05. The number of nitrogens with two attached hydrogens (primary N) is 1. The molecule has 31 heavy (non-hydrogen) atoms. The largest absolute Gasteiger partial charge is 0.497 e. The fourth-order valence-corrected chi connectivity index (χ4v) is 4.94. The quantitative estimate of drug-likeness (QED) is 0.577. The number of carbonyl (C=O) groups is 3. The normalized spacial score (nSPS) is 13.5. The van der Waals surface area contributed by atoms with Crippen LogP contribution in [0.5, 0.6) is 11.5 Å². The Labute approximate surface area is 185 Å². The SMILES string of the molecule is COc1cc(OC)cc(C(=O)NC(C(=O)Nc2sc3c(c2C(N)=O)CCC3)C(C)C)c1. The van der Waals surface area contributed by atoms with Gasteiger partial charge in [-0.2, -0.15) is 0 Å². The minimum absolute atomic E-state index is 0.194. The van der Waals surface area contributed by atoms with Gasteiger partial charge in [0.05, 0.1) is 19.8 Å². The van der Waals surface area contributed by atoms with Gasteiger partial charge in [0.25, 0.3) is 11.8 Å². The van der Waals surface area contributed by atoms with Crippen LogP contribution in [0.15, 0.2) is 18.2 Å². The van der Waals surface area contributed by atoms with Crippen molar-refractivity contribution in [3.05, 3.63) is 39.8 Å². The zero-order valence-electron chi connectivity index (χ0n) is 18.0. The van der Waals surface area contributed by atoms with Crippen molar-refractivity contribution in [2.24, 2.45) is 11.7 Å². The van der Waals surface area contributed by atoms with Crippen molar-refractivity contribution in [1.29, 1.82) is 0 Å². The lowest BCUT2D eigenvalue weighted by Crippen LogP contribution is -2.47. The standard InChI is InChI=1S/C22H27N3O5S/c1-11(2)18(24-20(27)12-8-13(29-3)10-14(9-12)30-4)21(28)25-22-17(19(23)26)15-6-5-7-16(15)31-22/h8-11,18H,5-7H2,1-4H3,(H2,23,26)(H,24,27)(H,25,28). The highest BCUT2D eigenvalue weighted by atomic mass is 32.1. The molecule has 1 aliphatic carbocycles. The van der Waals surface area contributed by atoms with E-state index < -0.39 is 23.8 Å². The summed E-state index contributed by atoms with van der Waals surface area (Å²) in [6.07, 6.45) is 2.63. The van der Waals surface area contributed by atoms with E-state index in [1.54, 1.807) is 18.2 Å². The van der Waals surface area contributed by atoms with Crippen molar-refractivity contribution >= 4 is 34.1 Å². The van der Waals surface area contributed by atoms with E-state index in [4.69, 9.17) is 15.2 Å². The Hall–Kier alpha value is -3.07. The summed E-state index contributed by atoms with van der Waals surface area (Å²) in [7, 11) is 2.99. The number of hydrogen-bond donors (Lipinski definition) is 3. The minimum Gasteiger partial charge on any atom is -0.497 e. The maximum absolute atomic E-state index is 13.0. The summed E-state index contributed by atoms with van der Waals surface area (Å²) < 4.78 is 10.4. The van der Waals surface area contributed by atoms with E-state index in [0.717, 1.165) is 29.7 Å². The molecule has 0 saturated carbocycles. The van der Waals surface area contributed by atoms with Crippen LogP contribution in [-0.2, 0) is 17.6 Å². The number of thiophene rings is 1. The van der Waals surface area contributed by atoms with Gasteiger partial charge in [0.1, 0.15) is 22.5 Å². The second kappa shape index (κ2) is 9.38. The number of carbonyl (C=O) groups excluding carboxylic acids is 3. The molecule has 0 fully saturated rings. The number of benzene rings is 1. The molecule has 3 rings (SSSR count). The summed E-state index contributed by atoms with van der Waals surface area (Å²) in [5.74, 6) is -0.650. The molecule has 8 nitrogen and oxygen atoms in total. The molecule has 0 radical (unpaired) electrons. The number of amides is 3. The number of methoxy groups -OCH3 is 2. The third-order valence-electron chi connectivity index (χ3n) is 5.25. The predicted molar refractivity (Wildman–Crippen MR) is 119 cm³/mol. The number of primary amides is 1. The zero-order chi connectivity index (χ0) is 22.7. The van der Waals surface area contributed by atoms with Crippen LogP contribution in [0.3, 0.4) is 0 Å². The summed E-state index contributed by atoms with van der Waals surface area (Å²) in [6.45, 7) is 3.67. The molecule has 1 aliphatic rings. The van der Waals surface area contributed by atoms with Crippen LogP contribution < -0.4 is 25.8 Å². The van der Waals surface area contributed by atoms with Crippen molar-refractivity contribution in [2.75, 3.05) is 19.5 Å². The second-order valence-electron chi connectivity index (χ2n) is 7.71. The molecule has 1 aromatic heterocycles. The molecule has 0 spiro atoms. The van der Waals surface area contributed by atoms with Gasteiger partial charge in [-0.1, -0.05) is 13.8 Å². The lowest BCUT2D eigenvalue weighted by molar-refractivity contribution is -0.118. The third kappa shape index (κ3) is 4.82. The smallest absolute Gasteiger partial charge is 0.252 e. The van der Waals surface area contributed by atoms with Crippen LogP contribution in [0.1, 0.15) is 51.4 Å². The van der Waals surface area contributed by atoms with Crippen LogP contribution in [-0.4, -0.2) is 38.0 Å². The average Bonchev–Trinajstić information content (AvgIpc) is 3.31. The van der Waals surface area contributed by atoms with Gasteiger partial charge in [-0.15, -0.1) is 11.3 Å². The number of nitrogens with one attached hydrogen (secondary N) is 2. The molecule has 9 heteroatoms. The first-order chi connectivity index (χ1) is 14.7. The predicted octanol–water partition coefficient (Wildman–Crippen LogP) is 2.75. The number of rotatable bonds is 8. The van der Waals surface area contributed by atoms with Crippen molar-refractivity contribution in [3.8, 4) is 11.5 Å². The Morgan fingerprint density at radius 1 is 1.06 bits per heavy atom. The topological polar surface area (TPSA) is 120 Å². The molecule has 1 atom stereocenters. The molecule has 1 unspecified atom stereocenters. The number of fused-ring (bicyclic) bond motifs is 1. The molecule has 4 N–H and O–H groups in total. The first-order valence-corrected chi connectivity index (χ1v) is 10.9. The summed E-state index contributed by atoms with van der Waals surface area (Å²) in [4.78, 5) is 39.0. The molecule has 1 aromatic carbocycles. The maximum atomic E-state index is 13.0. The lowest BCUT2D eigenvalue weighted by atomic mass is 10.0. The van der Waals surface area contributed by atoms with Crippen molar-refractivity contribution < 1.29 is 23.9 Å². The number of anilines is 1. The van der Waals surface area contributed by atoms with Gasteiger partial charge in [-0.3, -0.25) is 14.4 Å². The molecule has 0 saturated heterocycles. The van der Waals surface area contributed by atoms with Crippen LogP contribution in [0.4, 0.5) is 5.00 Å². The van der Waals surface area contributed by atoms with E-state index in [1.165, 1.54) is 25.6 Å². The summed E-state index contributed by atoms with van der Waals surface area (Å²) in [5.41, 5.74) is 7.20. The van der Waals surface area contributed by atoms with Gasteiger partial charge in [0.2, 0.25) is 5.91 Å². The van der Waals surface area contributed by atoms with Gasteiger partial charge >= 0.3 is 0 Å². The van der Waals surface area contributed by atoms with Crippen LogP contribution in [0, 0.1) is 5.92 Å². The summed E-state index contributed by atoms with van der Waals surface area (Å²) in [6, 6.07) is 3.98. The van der Waals surface area contributed by atoms with Gasteiger partial charge in [0.15, 0.2) is 0 Å². The molecule has 1 heterocycles. The highest BCUT2D eigenvalue weighted by Gasteiger charge is 2.30. The number of ether oxygens (including phenoxy) is 2. The van der Waals surface area contributed by atoms with E-state index in [0.29, 0.717) is 27.6 Å². The Morgan fingerprint density at radius 2 is 1.71 bits per heavy atom. The van der Waals surface area contributed by atoms with Crippen molar-refractivity contribution in [1.82, 2.24) is 5.32 Å². The average molecular weight is 446 g/mol. The lowest BCUT2D eigenvalue weighted by Gasteiger charge is -2.22. The number of aryl methyl sites for hydroxylation is 1. The Bertz CT molecular complexity index is 993. The van der Waals surface area contributed by atoms with E-state index in [1.807, 2.05) is 13.8 Å². The second-order valence-corrected chi connectivity index (χ2v) is 8.82. The van der Waals surface area contributed by atoms with E-state index in [-0.39, 0.29) is 5.92 Å². The monoisotopic (exact) mass is 445 g/mol. The first-order valence-electron chi connectivity index (χ1n) is 10.0. The highest BCUT2D eigenvalue weighted by Crippen LogP contribution is 2.39.